The van der Waals surface area contributed by atoms with Gasteiger partial charge >= 0.3 is 0 Å². The summed E-state index contributed by atoms with van der Waals surface area (Å²) in [6.07, 6.45) is 1.01. The highest BCUT2D eigenvalue weighted by Gasteiger charge is 2.29. The lowest BCUT2D eigenvalue weighted by atomic mass is 9.88. The average molecular weight is 286 g/mol. The standard InChI is InChI=1S/C16H22N4O/c1-3-8-20-14-7-5-4-6-13(14)18-16(20)19-15(21)11(2)12-9-17-10-12/h4-7,11-12,17H,3,8-10H2,1-2H3,(H,18,19,21). The van der Waals surface area contributed by atoms with Gasteiger partial charge < -0.3 is 9.88 Å². The third-order valence-electron chi connectivity index (χ3n) is 4.27. The first kappa shape index (κ1) is 14.1. The molecule has 5 heteroatoms. The predicted molar refractivity (Wildman–Crippen MR) is 84.2 cm³/mol. The maximum atomic E-state index is 12.4. The van der Waals surface area contributed by atoms with Crippen molar-refractivity contribution in [2.45, 2.75) is 26.8 Å². The third-order valence-corrected chi connectivity index (χ3v) is 4.27. The number of fused-ring (bicyclic) bond motifs is 1. The zero-order valence-corrected chi connectivity index (χ0v) is 12.6. The van der Waals surface area contributed by atoms with E-state index >= 15 is 0 Å². The van der Waals surface area contributed by atoms with Gasteiger partial charge in [-0.3, -0.25) is 10.1 Å². The van der Waals surface area contributed by atoms with Gasteiger partial charge in [0.25, 0.3) is 0 Å². The molecule has 1 aromatic carbocycles. The van der Waals surface area contributed by atoms with E-state index in [0.717, 1.165) is 37.1 Å². The van der Waals surface area contributed by atoms with Crippen LogP contribution in [0.25, 0.3) is 11.0 Å². The summed E-state index contributed by atoms with van der Waals surface area (Å²) in [5.41, 5.74) is 2.01. The summed E-state index contributed by atoms with van der Waals surface area (Å²) in [5.74, 6) is 1.19. The Bertz CT molecular complexity index is 645. The van der Waals surface area contributed by atoms with Crippen LogP contribution in [0.3, 0.4) is 0 Å². The first-order valence-electron chi connectivity index (χ1n) is 7.67. The lowest BCUT2D eigenvalue weighted by Crippen LogP contribution is -2.48. The van der Waals surface area contributed by atoms with E-state index in [1.807, 2.05) is 31.2 Å². The molecule has 1 amide bonds. The molecule has 0 saturated carbocycles. The van der Waals surface area contributed by atoms with E-state index in [1.54, 1.807) is 0 Å². The van der Waals surface area contributed by atoms with Crippen molar-refractivity contribution >= 4 is 22.9 Å². The van der Waals surface area contributed by atoms with Crippen LogP contribution in [-0.2, 0) is 11.3 Å². The van der Waals surface area contributed by atoms with E-state index in [-0.39, 0.29) is 11.8 Å². The molecule has 21 heavy (non-hydrogen) atoms. The van der Waals surface area contributed by atoms with Crippen LogP contribution in [0.2, 0.25) is 0 Å². The quantitative estimate of drug-likeness (QED) is 0.886. The summed E-state index contributed by atoms with van der Waals surface area (Å²) >= 11 is 0. The monoisotopic (exact) mass is 286 g/mol. The number of hydrogen-bond acceptors (Lipinski definition) is 3. The molecule has 0 spiro atoms. The van der Waals surface area contributed by atoms with Crippen molar-refractivity contribution in [2.24, 2.45) is 11.8 Å². The Balaban J connectivity index is 1.85. The molecule has 1 unspecified atom stereocenters. The highest BCUT2D eigenvalue weighted by molar-refractivity contribution is 5.93. The number of nitrogens with one attached hydrogen (secondary N) is 2. The topological polar surface area (TPSA) is 59.0 Å². The maximum absolute atomic E-state index is 12.4. The summed E-state index contributed by atoms with van der Waals surface area (Å²) in [7, 11) is 0. The van der Waals surface area contributed by atoms with Gasteiger partial charge in [-0.15, -0.1) is 0 Å². The van der Waals surface area contributed by atoms with Gasteiger partial charge in [-0.2, -0.15) is 0 Å². The Morgan fingerprint density at radius 2 is 2.24 bits per heavy atom. The smallest absolute Gasteiger partial charge is 0.229 e. The minimum Gasteiger partial charge on any atom is -0.316 e. The predicted octanol–water partition coefficient (Wildman–Crippen LogP) is 2.24. The number of imidazole rings is 1. The Morgan fingerprint density at radius 1 is 1.48 bits per heavy atom. The molecule has 3 rings (SSSR count). The molecule has 1 saturated heterocycles. The minimum absolute atomic E-state index is 0.0149. The number of aryl methyl sites for hydroxylation is 1. The maximum Gasteiger partial charge on any atom is 0.229 e. The molecule has 1 aliphatic rings. The molecule has 5 nitrogen and oxygen atoms in total. The Hall–Kier alpha value is -1.88. The van der Waals surface area contributed by atoms with Crippen LogP contribution in [0.5, 0.6) is 0 Å². The normalized spacial score (nSPS) is 16.7. The zero-order chi connectivity index (χ0) is 14.8. The van der Waals surface area contributed by atoms with Crippen LogP contribution < -0.4 is 10.6 Å². The summed E-state index contributed by atoms with van der Waals surface area (Å²) in [4.78, 5) is 17.0. The molecule has 2 aromatic rings. The summed E-state index contributed by atoms with van der Waals surface area (Å²) in [6, 6.07) is 8.01. The molecular weight excluding hydrogens is 264 g/mol. The Labute approximate surface area is 124 Å². The second kappa shape index (κ2) is 5.85. The van der Waals surface area contributed by atoms with Gasteiger partial charge in [0.15, 0.2) is 0 Å². The number of carbonyl (C=O) groups excluding carboxylic acids is 1. The number of para-hydroxylation sites is 2. The van der Waals surface area contributed by atoms with Gasteiger partial charge in [-0.05, 0) is 37.6 Å². The van der Waals surface area contributed by atoms with Crippen molar-refractivity contribution in [1.29, 1.82) is 0 Å². The number of amides is 1. The highest BCUT2D eigenvalue weighted by atomic mass is 16.2. The fourth-order valence-corrected chi connectivity index (χ4v) is 2.72. The molecule has 112 valence electrons. The van der Waals surface area contributed by atoms with Crippen molar-refractivity contribution in [3.63, 3.8) is 0 Å². The largest absolute Gasteiger partial charge is 0.316 e. The molecule has 0 aliphatic carbocycles. The molecule has 0 radical (unpaired) electrons. The lowest BCUT2D eigenvalue weighted by Gasteiger charge is -2.31. The highest BCUT2D eigenvalue weighted by Crippen LogP contribution is 2.22. The van der Waals surface area contributed by atoms with Crippen LogP contribution in [-0.4, -0.2) is 28.5 Å². The van der Waals surface area contributed by atoms with Gasteiger partial charge in [0, 0.05) is 12.5 Å². The van der Waals surface area contributed by atoms with E-state index in [4.69, 9.17) is 0 Å². The third kappa shape index (κ3) is 2.65. The molecule has 2 heterocycles. The van der Waals surface area contributed by atoms with Crippen molar-refractivity contribution < 1.29 is 4.79 Å². The minimum atomic E-state index is 0.0149. The van der Waals surface area contributed by atoms with Crippen molar-refractivity contribution in [3.05, 3.63) is 24.3 Å². The molecule has 1 aromatic heterocycles. The summed E-state index contributed by atoms with van der Waals surface area (Å²) < 4.78 is 2.10. The number of benzene rings is 1. The first-order valence-corrected chi connectivity index (χ1v) is 7.67. The molecular formula is C16H22N4O. The van der Waals surface area contributed by atoms with E-state index in [2.05, 4.69) is 27.1 Å². The van der Waals surface area contributed by atoms with Gasteiger partial charge in [0.1, 0.15) is 0 Å². The number of nitrogens with zero attached hydrogens (tertiary/aromatic N) is 2. The summed E-state index contributed by atoms with van der Waals surface area (Å²) in [5, 5.41) is 6.23. The van der Waals surface area contributed by atoms with Crippen LogP contribution in [0.15, 0.2) is 24.3 Å². The molecule has 1 atom stereocenters. The molecule has 1 aliphatic heterocycles. The van der Waals surface area contributed by atoms with Crippen molar-refractivity contribution in [2.75, 3.05) is 18.4 Å². The van der Waals surface area contributed by atoms with Crippen LogP contribution in [0.4, 0.5) is 5.95 Å². The number of anilines is 1. The molecule has 2 N–H and O–H groups in total. The fraction of sp³-hybridized carbons (Fsp3) is 0.500. The van der Waals surface area contributed by atoms with Crippen LogP contribution >= 0.6 is 0 Å². The number of rotatable bonds is 5. The number of aromatic nitrogens is 2. The molecule has 0 bridgehead atoms. The van der Waals surface area contributed by atoms with Gasteiger partial charge in [0.05, 0.1) is 11.0 Å². The number of carbonyl (C=O) groups is 1. The van der Waals surface area contributed by atoms with Gasteiger partial charge in [0.2, 0.25) is 11.9 Å². The Morgan fingerprint density at radius 3 is 2.90 bits per heavy atom. The SMILES string of the molecule is CCCn1c(NC(=O)C(C)C2CNC2)nc2ccccc21. The van der Waals surface area contributed by atoms with E-state index in [1.165, 1.54) is 0 Å². The van der Waals surface area contributed by atoms with E-state index in [0.29, 0.717) is 11.9 Å². The zero-order valence-electron chi connectivity index (χ0n) is 12.6. The first-order chi connectivity index (χ1) is 10.2. The van der Waals surface area contributed by atoms with Crippen molar-refractivity contribution in [3.8, 4) is 0 Å². The fourth-order valence-electron chi connectivity index (χ4n) is 2.72. The van der Waals surface area contributed by atoms with Crippen molar-refractivity contribution in [1.82, 2.24) is 14.9 Å². The van der Waals surface area contributed by atoms with Crippen LogP contribution in [0.1, 0.15) is 20.3 Å². The summed E-state index contributed by atoms with van der Waals surface area (Å²) in [6.45, 7) is 6.84. The van der Waals surface area contributed by atoms with E-state index < -0.39 is 0 Å². The number of hydrogen-bond donors (Lipinski definition) is 2. The van der Waals surface area contributed by atoms with E-state index in [9.17, 15) is 4.79 Å². The molecule has 1 fully saturated rings. The Kier molecular flexibility index (Phi) is 3.92. The second-order valence-electron chi connectivity index (χ2n) is 5.77. The van der Waals surface area contributed by atoms with Gasteiger partial charge in [-0.25, -0.2) is 4.98 Å². The second-order valence-corrected chi connectivity index (χ2v) is 5.77. The lowest BCUT2D eigenvalue weighted by molar-refractivity contribution is -0.121. The average Bonchev–Trinajstić information content (AvgIpc) is 2.75. The van der Waals surface area contributed by atoms with Crippen LogP contribution in [0, 0.1) is 11.8 Å². The van der Waals surface area contributed by atoms with Gasteiger partial charge in [-0.1, -0.05) is 26.0 Å².